The summed E-state index contributed by atoms with van der Waals surface area (Å²) in [6.07, 6.45) is -1.09. The van der Waals surface area contributed by atoms with E-state index in [1.165, 1.54) is 43.3 Å². The number of esters is 1. The molecule has 0 unspecified atom stereocenters. The van der Waals surface area contributed by atoms with Crippen LogP contribution in [0, 0.1) is 5.82 Å². The number of carbonyl (C=O) groups excluding carboxylic acids is 2. The predicted octanol–water partition coefficient (Wildman–Crippen LogP) is 4.32. The molecule has 4 nitrogen and oxygen atoms in total. The van der Waals surface area contributed by atoms with Gasteiger partial charge in [-0.1, -0.05) is 29.3 Å². The molecule has 0 bridgehead atoms. The number of nitrogens with one attached hydrogen (secondary N) is 1. The zero-order valence-corrected chi connectivity index (χ0v) is 13.5. The summed E-state index contributed by atoms with van der Waals surface area (Å²) in [6.45, 7) is 1.40. The number of hydrogen-bond acceptors (Lipinski definition) is 3. The van der Waals surface area contributed by atoms with Crippen LogP contribution in [-0.4, -0.2) is 18.0 Å². The van der Waals surface area contributed by atoms with Crippen molar-refractivity contribution in [3.05, 3.63) is 63.9 Å². The largest absolute Gasteiger partial charge is 0.449 e. The number of carbonyl (C=O) groups is 2. The molecule has 1 atom stereocenters. The van der Waals surface area contributed by atoms with Crippen molar-refractivity contribution < 1.29 is 18.7 Å². The summed E-state index contributed by atoms with van der Waals surface area (Å²) >= 11 is 11.7. The van der Waals surface area contributed by atoms with E-state index in [1.807, 2.05) is 0 Å². The van der Waals surface area contributed by atoms with Crippen LogP contribution in [0.25, 0.3) is 0 Å². The SMILES string of the molecule is C[C@H](OC(=O)c1ccc(Cl)cc1Cl)C(=O)Nc1cccc(F)c1. The minimum Gasteiger partial charge on any atom is -0.449 e. The van der Waals surface area contributed by atoms with Crippen LogP contribution in [0.3, 0.4) is 0 Å². The van der Waals surface area contributed by atoms with E-state index in [-0.39, 0.29) is 16.3 Å². The lowest BCUT2D eigenvalue weighted by Crippen LogP contribution is -2.30. The van der Waals surface area contributed by atoms with E-state index >= 15 is 0 Å². The summed E-state index contributed by atoms with van der Waals surface area (Å²) in [5.74, 6) is -1.83. The number of hydrogen-bond donors (Lipinski definition) is 1. The maximum atomic E-state index is 13.1. The highest BCUT2D eigenvalue weighted by Crippen LogP contribution is 2.22. The standard InChI is InChI=1S/C16H12Cl2FNO3/c1-9(15(21)20-12-4-2-3-11(19)8-12)23-16(22)13-6-5-10(17)7-14(13)18/h2-9H,1H3,(H,20,21)/t9-/m0/s1. The maximum Gasteiger partial charge on any atom is 0.340 e. The van der Waals surface area contributed by atoms with Gasteiger partial charge in [0.25, 0.3) is 5.91 Å². The Labute approximate surface area is 142 Å². The van der Waals surface area contributed by atoms with E-state index in [1.54, 1.807) is 0 Å². The molecule has 0 fully saturated rings. The molecule has 23 heavy (non-hydrogen) atoms. The molecule has 0 spiro atoms. The fourth-order valence-corrected chi connectivity index (χ4v) is 2.23. The van der Waals surface area contributed by atoms with Gasteiger partial charge in [-0.2, -0.15) is 0 Å². The zero-order valence-electron chi connectivity index (χ0n) is 12.0. The number of rotatable bonds is 4. The van der Waals surface area contributed by atoms with Gasteiger partial charge < -0.3 is 10.1 Å². The van der Waals surface area contributed by atoms with Crippen molar-refractivity contribution in [3.8, 4) is 0 Å². The Morgan fingerprint density at radius 3 is 2.57 bits per heavy atom. The second-order valence-electron chi connectivity index (χ2n) is 4.67. The molecule has 0 aromatic heterocycles. The average Bonchev–Trinajstić information content (AvgIpc) is 2.46. The molecule has 1 N–H and O–H groups in total. The highest BCUT2D eigenvalue weighted by atomic mass is 35.5. The molecule has 2 rings (SSSR count). The van der Waals surface area contributed by atoms with Crippen LogP contribution in [-0.2, 0) is 9.53 Å². The second kappa shape index (κ2) is 7.44. The van der Waals surface area contributed by atoms with E-state index in [0.717, 1.165) is 6.07 Å². The fraction of sp³-hybridized carbons (Fsp3) is 0.125. The van der Waals surface area contributed by atoms with Gasteiger partial charge in [-0.25, -0.2) is 9.18 Å². The van der Waals surface area contributed by atoms with E-state index in [4.69, 9.17) is 27.9 Å². The molecule has 2 aromatic rings. The lowest BCUT2D eigenvalue weighted by molar-refractivity contribution is -0.123. The smallest absolute Gasteiger partial charge is 0.340 e. The van der Waals surface area contributed by atoms with Gasteiger partial charge in [0, 0.05) is 10.7 Å². The van der Waals surface area contributed by atoms with Crippen molar-refractivity contribution in [3.63, 3.8) is 0 Å². The van der Waals surface area contributed by atoms with Crippen molar-refractivity contribution in [1.82, 2.24) is 0 Å². The van der Waals surface area contributed by atoms with Crippen molar-refractivity contribution in [2.45, 2.75) is 13.0 Å². The first-order chi connectivity index (χ1) is 10.9. The van der Waals surface area contributed by atoms with Gasteiger partial charge in [-0.15, -0.1) is 0 Å². The molecule has 0 saturated heterocycles. The van der Waals surface area contributed by atoms with Crippen molar-refractivity contribution in [2.24, 2.45) is 0 Å². The number of ether oxygens (including phenoxy) is 1. The highest BCUT2D eigenvalue weighted by molar-refractivity contribution is 6.36. The maximum absolute atomic E-state index is 13.1. The van der Waals surface area contributed by atoms with Gasteiger partial charge in [-0.05, 0) is 43.3 Å². The Morgan fingerprint density at radius 2 is 1.91 bits per heavy atom. The summed E-state index contributed by atoms with van der Waals surface area (Å²) in [4.78, 5) is 24.0. The molecular weight excluding hydrogens is 344 g/mol. The van der Waals surface area contributed by atoms with Crippen LogP contribution in [0.2, 0.25) is 10.0 Å². The molecule has 120 valence electrons. The molecule has 7 heteroatoms. The molecule has 1 amide bonds. The summed E-state index contributed by atoms with van der Waals surface area (Å²) in [7, 11) is 0. The van der Waals surface area contributed by atoms with Crippen LogP contribution in [0.15, 0.2) is 42.5 Å². The average molecular weight is 356 g/mol. The summed E-state index contributed by atoms with van der Waals surface area (Å²) < 4.78 is 18.1. The van der Waals surface area contributed by atoms with Gasteiger partial charge in [0.05, 0.1) is 10.6 Å². The quantitative estimate of drug-likeness (QED) is 0.831. The summed E-state index contributed by atoms with van der Waals surface area (Å²) in [5, 5.41) is 2.96. The van der Waals surface area contributed by atoms with E-state index < -0.39 is 23.8 Å². The summed E-state index contributed by atoms with van der Waals surface area (Å²) in [5.41, 5.74) is 0.365. The van der Waals surface area contributed by atoms with Gasteiger partial charge >= 0.3 is 5.97 Å². The van der Waals surface area contributed by atoms with Crippen LogP contribution >= 0.6 is 23.2 Å². The predicted molar refractivity (Wildman–Crippen MR) is 86.4 cm³/mol. The summed E-state index contributed by atoms with van der Waals surface area (Å²) in [6, 6.07) is 9.67. The molecule has 0 radical (unpaired) electrons. The lowest BCUT2D eigenvalue weighted by Gasteiger charge is -2.14. The topological polar surface area (TPSA) is 55.4 Å². The normalized spacial score (nSPS) is 11.7. The number of anilines is 1. The van der Waals surface area contributed by atoms with Gasteiger partial charge in [0.2, 0.25) is 0 Å². The molecule has 0 aliphatic rings. The van der Waals surface area contributed by atoms with Crippen LogP contribution in [0.5, 0.6) is 0 Å². The Morgan fingerprint density at radius 1 is 1.17 bits per heavy atom. The zero-order chi connectivity index (χ0) is 17.0. The number of benzene rings is 2. The molecule has 0 aliphatic carbocycles. The van der Waals surface area contributed by atoms with Gasteiger partial charge in [-0.3, -0.25) is 4.79 Å². The van der Waals surface area contributed by atoms with Gasteiger partial charge in [0.15, 0.2) is 6.10 Å². The van der Waals surface area contributed by atoms with E-state index in [2.05, 4.69) is 5.32 Å². The molecule has 2 aromatic carbocycles. The van der Waals surface area contributed by atoms with Crippen molar-refractivity contribution in [2.75, 3.05) is 5.32 Å². The van der Waals surface area contributed by atoms with E-state index in [9.17, 15) is 14.0 Å². The van der Waals surface area contributed by atoms with Crippen molar-refractivity contribution >= 4 is 40.8 Å². The van der Waals surface area contributed by atoms with Crippen LogP contribution in [0.4, 0.5) is 10.1 Å². The first-order valence-corrected chi connectivity index (χ1v) is 7.35. The Bertz CT molecular complexity index is 752. The van der Waals surface area contributed by atoms with Gasteiger partial charge in [0.1, 0.15) is 5.82 Å². The third-order valence-corrected chi connectivity index (χ3v) is 3.44. The monoisotopic (exact) mass is 355 g/mol. The Balaban J connectivity index is 2.01. The first-order valence-electron chi connectivity index (χ1n) is 6.59. The minimum atomic E-state index is -1.09. The Kier molecular flexibility index (Phi) is 5.58. The second-order valence-corrected chi connectivity index (χ2v) is 5.51. The first kappa shape index (κ1) is 17.2. The molecule has 0 saturated carbocycles. The molecule has 0 aliphatic heterocycles. The van der Waals surface area contributed by atoms with E-state index in [0.29, 0.717) is 5.02 Å². The third kappa shape index (κ3) is 4.68. The molecular formula is C16H12Cl2FNO3. The third-order valence-electron chi connectivity index (χ3n) is 2.90. The van der Waals surface area contributed by atoms with Crippen LogP contribution < -0.4 is 5.32 Å². The molecule has 0 heterocycles. The minimum absolute atomic E-state index is 0.0986. The fourth-order valence-electron chi connectivity index (χ4n) is 1.74. The number of amides is 1. The lowest BCUT2D eigenvalue weighted by atomic mass is 10.2. The van der Waals surface area contributed by atoms with Crippen molar-refractivity contribution in [1.29, 1.82) is 0 Å². The number of halogens is 3. The van der Waals surface area contributed by atoms with Crippen LogP contribution in [0.1, 0.15) is 17.3 Å². The highest BCUT2D eigenvalue weighted by Gasteiger charge is 2.20. The Hall–Kier alpha value is -2.11.